The fourth-order valence-corrected chi connectivity index (χ4v) is 6.52. The molecule has 2 aliphatic rings. The largest absolute Gasteiger partial charge is 0.444 e. The average molecular weight is 645 g/mol. The van der Waals surface area contributed by atoms with E-state index in [4.69, 9.17) is 4.74 Å². The van der Waals surface area contributed by atoms with Crippen LogP contribution in [0.1, 0.15) is 31.7 Å². The van der Waals surface area contributed by atoms with Crippen molar-refractivity contribution in [1.29, 1.82) is 0 Å². The van der Waals surface area contributed by atoms with Crippen LogP contribution in [0.3, 0.4) is 0 Å². The Labute approximate surface area is 273 Å². The van der Waals surface area contributed by atoms with Crippen LogP contribution < -0.4 is 25.3 Å². The standard InChI is InChI=1S/C34H40N6O5S/c1-6-31(41)35-20-32(42)39-17-7-8-28(39)33(43)36-23-11-9-22(10-12-23)21-45-34(44)40-26-15-13-24(37(2)3)18-29(26)46-30-19-25(38(4)5)14-16-27(30)40/h9-16,18-19,28H,6-8,17,20-21H2,1-5H3,(H,35,41)(H,36,43)/t28-/m0/s1. The van der Waals surface area contributed by atoms with Gasteiger partial charge in [0.15, 0.2) is 0 Å². The molecule has 242 valence electrons. The number of carbonyl (C=O) groups is 4. The summed E-state index contributed by atoms with van der Waals surface area (Å²) in [4.78, 5) is 60.0. The van der Waals surface area contributed by atoms with Gasteiger partial charge in [-0.05, 0) is 66.9 Å². The summed E-state index contributed by atoms with van der Waals surface area (Å²) in [7, 11) is 7.94. The quantitative estimate of drug-likeness (QED) is 0.326. The first-order chi connectivity index (χ1) is 22.0. The van der Waals surface area contributed by atoms with Crippen LogP contribution in [0.4, 0.5) is 33.2 Å². The second kappa shape index (κ2) is 14.2. The Kier molecular flexibility index (Phi) is 10.1. The normalized spacial score (nSPS) is 15.0. The molecule has 0 saturated carbocycles. The predicted molar refractivity (Wildman–Crippen MR) is 181 cm³/mol. The van der Waals surface area contributed by atoms with Crippen molar-refractivity contribution < 1.29 is 23.9 Å². The van der Waals surface area contributed by atoms with Gasteiger partial charge in [0.2, 0.25) is 17.7 Å². The minimum atomic E-state index is -0.595. The molecule has 2 N–H and O–H groups in total. The van der Waals surface area contributed by atoms with E-state index in [1.807, 2.05) is 62.3 Å². The van der Waals surface area contributed by atoms with Crippen molar-refractivity contribution in [3.8, 4) is 0 Å². The fourth-order valence-electron chi connectivity index (χ4n) is 5.40. The third-order valence-electron chi connectivity index (χ3n) is 8.02. The lowest BCUT2D eigenvalue weighted by Crippen LogP contribution is -2.47. The summed E-state index contributed by atoms with van der Waals surface area (Å²) in [5, 5.41) is 5.47. The number of hydrogen-bond donors (Lipinski definition) is 2. The van der Waals surface area contributed by atoms with Crippen LogP contribution in [-0.4, -0.2) is 76.0 Å². The van der Waals surface area contributed by atoms with Crippen molar-refractivity contribution in [2.24, 2.45) is 0 Å². The van der Waals surface area contributed by atoms with Crippen molar-refractivity contribution in [3.05, 3.63) is 66.2 Å². The Hall–Kier alpha value is -4.71. The van der Waals surface area contributed by atoms with Crippen LogP contribution in [0.2, 0.25) is 0 Å². The van der Waals surface area contributed by atoms with Gasteiger partial charge in [0.1, 0.15) is 12.6 Å². The number of carbonyl (C=O) groups excluding carboxylic acids is 4. The van der Waals surface area contributed by atoms with Gasteiger partial charge in [0, 0.05) is 68.0 Å². The number of amides is 4. The second-order valence-corrected chi connectivity index (χ2v) is 12.7. The highest BCUT2D eigenvalue weighted by Crippen LogP contribution is 2.50. The maximum atomic E-state index is 13.6. The summed E-state index contributed by atoms with van der Waals surface area (Å²) in [6.07, 6.45) is 1.08. The van der Waals surface area contributed by atoms with E-state index in [0.717, 1.165) is 38.1 Å². The molecule has 46 heavy (non-hydrogen) atoms. The molecule has 2 aliphatic heterocycles. The molecule has 0 radical (unpaired) electrons. The van der Waals surface area contributed by atoms with E-state index in [2.05, 4.69) is 22.8 Å². The summed E-state index contributed by atoms with van der Waals surface area (Å²) < 4.78 is 5.82. The number of nitrogens with zero attached hydrogens (tertiary/aromatic N) is 4. The molecule has 3 aromatic rings. The summed E-state index contributed by atoms with van der Waals surface area (Å²) in [6, 6.07) is 18.5. The van der Waals surface area contributed by atoms with Crippen molar-refractivity contribution in [2.45, 2.75) is 48.6 Å². The molecule has 0 unspecified atom stereocenters. The Bertz CT molecular complexity index is 1570. The fraction of sp³-hybridized carbons (Fsp3) is 0.353. The van der Waals surface area contributed by atoms with Gasteiger partial charge in [-0.3, -0.25) is 14.4 Å². The Morgan fingerprint density at radius 3 is 2.07 bits per heavy atom. The summed E-state index contributed by atoms with van der Waals surface area (Å²) in [5.74, 6) is -0.756. The molecule has 0 aromatic heterocycles. The topological polar surface area (TPSA) is 115 Å². The number of ether oxygens (including phenoxy) is 1. The number of hydrogen-bond acceptors (Lipinski definition) is 8. The maximum absolute atomic E-state index is 13.6. The highest BCUT2D eigenvalue weighted by molar-refractivity contribution is 7.99. The molecule has 1 atom stereocenters. The minimum Gasteiger partial charge on any atom is -0.444 e. The number of rotatable bonds is 9. The lowest BCUT2D eigenvalue weighted by atomic mass is 10.1. The van der Waals surface area contributed by atoms with Crippen molar-refractivity contribution in [1.82, 2.24) is 10.2 Å². The van der Waals surface area contributed by atoms with Crippen molar-refractivity contribution >= 4 is 64.0 Å². The number of benzene rings is 3. The van der Waals surface area contributed by atoms with E-state index in [1.54, 1.807) is 47.9 Å². The molecule has 0 aliphatic carbocycles. The van der Waals surface area contributed by atoms with Crippen LogP contribution in [0, 0.1) is 0 Å². The van der Waals surface area contributed by atoms with E-state index < -0.39 is 12.1 Å². The van der Waals surface area contributed by atoms with Crippen LogP contribution >= 0.6 is 11.8 Å². The zero-order valence-electron chi connectivity index (χ0n) is 26.8. The first-order valence-corrected chi connectivity index (χ1v) is 16.1. The van der Waals surface area contributed by atoms with Crippen LogP contribution in [-0.2, 0) is 25.7 Å². The van der Waals surface area contributed by atoms with Gasteiger partial charge in [-0.1, -0.05) is 30.8 Å². The van der Waals surface area contributed by atoms with E-state index in [0.29, 0.717) is 31.5 Å². The lowest BCUT2D eigenvalue weighted by Gasteiger charge is -2.32. The van der Waals surface area contributed by atoms with Gasteiger partial charge in [-0.15, -0.1) is 0 Å². The number of anilines is 5. The predicted octanol–water partition coefficient (Wildman–Crippen LogP) is 5.21. The van der Waals surface area contributed by atoms with Gasteiger partial charge >= 0.3 is 6.09 Å². The highest BCUT2D eigenvalue weighted by atomic mass is 32.2. The number of likely N-dealkylation sites (tertiary alicyclic amines) is 1. The first kappa shape index (κ1) is 32.7. The molecule has 0 spiro atoms. The molecule has 5 rings (SSSR count). The van der Waals surface area contributed by atoms with Crippen LogP contribution in [0.25, 0.3) is 0 Å². The first-order valence-electron chi connectivity index (χ1n) is 15.3. The van der Waals surface area contributed by atoms with Gasteiger partial charge in [-0.2, -0.15) is 0 Å². The zero-order chi connectivity index (χ0) is 33.0. The molecular formula is C34H40N6O5S. The minimum absolute atomic E-state index is 0.0430. The summed E-state index contributed by atoms with van der Waals surface area (Å²) in [6.45, 7) is 2.11. The monoisotopic (exact) mass is 644 g/mol. The third kappa shape index (κ3) is 7.23. The maximum Gasteiger partial charge on any atom is 0.419 e. The van der Waals surface area contributed by atoms with E-state index in [9.17, 15) is 19.2 Å². The molecule has 4 amide bonds. The molecule has 1 saturated heterocycles. The molecular weight excluding hydrogens is 604 g/mol. The molecule has 0 bridgehead atoms. The SMILES string of the molecule is CCC(=O)NCC(=O)N1CCC[C@H]1C(=O)Nc1ccc(COC(=O)N2c3ccc(N(C)C)cc3Sc3cc(N(C)C)ccc32)cc1. The summed E-state index contributed by atoms with van der Waals surface area (Å²) in [5.41, 5.74) is 4.92. The molecule has 1 fully saturated rings. The van der Waals surface area contributed by atoms with E-state index >= 15 is 0 Å². The second-order valence-electron chi connectivity index (χ2n) is 11.6. The van der Waals surface area contributed by atoms with E-state index in [1.165, 1.54) is 4.90 Å². The number of fused-ring (bicyclic) bond motifs is 2. The third-order valence-corrected chi connectivity index (χ3v) is 9.12. The van der Waals surface area contributed by atoms with Crippen LogP contribution in [0.15, 0.2) is 70.5 Å². The van der Waals surface area contributed by atoms with Crippen molar-refractivity contribution in [2.75, 3.05) is 61.3 Å². The van der Waals surface area contributed by atoms with Gasteiger partial charge in [0.05, 0.1) is 17.9 Å². The molecule has 2 heterocycles. The average Bonchev–Trinajstić information content (AvgIpc) is 3.55. The van der Waals surface area contributed by atoms with Crippen LogP contribution in [0.5, 0.6) is 0 Å². The Morgan fingerprint density at radius 2 is 1.50 bits per heavy atom. The van der Waals surface area contributed by atoms with E-state index in [-0.39, 0.29) is 30.9 Å². The lowest BCUT2D eigenvalue weighted by molar-refractivity contribution is -0.137. The Morgan fingerprint density at radius 1 is 0.891 bits per heavy atom. The molecule has 3 aromatic carbocycles. The smallest absolute Gasteiger partial charge is 0.419 e. The molecule has 11 nitrogen and oxygen atoms in total. The highest BCUT2D eigenvalue weighted by Gasteiger charge is 2.34. The molecule has 12 heteroatoms. The van der Waals surface area contributed by atoms with Gasteiger partial charge in [-0.25, -0.2) is 9.69 Å². The van der Waals surface area contributed by atoms with Crippen molar-refractivity contribution in [3.63, 3.8) is 0 Å². The number of nitrogens with one attached hydrogen (secondary N) is 2. The summed E-state index contributed by atoms with van der Waals surface area (Å²) >= 11 is 1.63. The Balaban J connectivity index is 1.24. The zero-order valence-corrected chi connectivity index (χ0v) is 27.6. The van der Waals surface area contributed by atoms with Gasteiger partial charge < -0.3 is 30.1 Å². The van der Waals surface area contributed by atoms with Gasteiger partial charge in [0.25, 0.3) is 0 Å².